The van der Waals surface area contributed by atoms with Gasteiger partial charge in [0.15, 0.2) is 0 Å². The standard InChI is InChI=1S/C11H19N3O2S2/c1-4-17-8-9(2)14-18(15,16)10-5-6-11(12-3)13-7-10/h5-7,9,14H,4,8H2,1-3H3,(H,12,13). The summed E-state index contributed by atoms with van der Waals surface area (Å²) in [5.41, 5.74) is 0. The van der Waals surface area contributed by atoms with Crippen molar-refractivity contribution in [3.63, 3.8) is 0 Å². The van der Waals surface area contributed by atoms with E-state index in [1.807, 2.05) is 13.8 Å². The number of nitrogens with zero attached hydrogens (tertiary/aromatic N) is 1. The fourth-order valence-electron chi connectivity index (χ4n) is 1.35. The van der Waals surface area contributed by atoms with E-state index in [1.165, 1.54) is 6.20 Å². The fraction of sp³-hybridized carbons (Fsp3) is 0.545. The maximum absolute atomic E-state index is 12.0. The molecular weight excluding hydrogens is 270 g/mol. The van der Waals surface area contributed by atoms with Crippen LogP contribution in [0.25, 0.3) is 0 Å². The number of thioether (sulfide) groups is 1. The second-order valence-electron chi connectivity index (χ2n) is 3.81. The van der Waals surface area contributed by atoms with Gasteiger partial charge in [-0.25, -0.2) is 18.1 Å². The number of pyridine rings is 1. The molecule has 0 spiro atoms. The molecule has 0 saturated heterocycles. The van der Waals surface area contributed by atoms with Crippen molar-refractivity contribution in [2.24, 2.45) is 0 Å². The van der Waals surface area contributed by atoms with Crippen LogP contribution in [0.3, 0.4) is 0 Å². The first kappa shape index (κ1) is 15.3. The normalized spacial score (nSPS) is 13.3. The molecule has 5 nitrogen and oxygen atoms in total. The quantitative estimate of drug-likeness (QED) is 0.797. The lowest BCUT2D eigenvalue weighted by Crippen LogP contribution is -2.34. The van der Waals surface area contributed by atoms with Crippen LogP contribution in [0, 0.1) is 0 Å². The summed E-state index contributed by atoms with van der Waals surface area (Å²) in [7, 11) is -1.73. The maximum atomic E-state index is 12.0. The van der Waals surface area contributed by atoms with Gasteiger partial charge in [-0.3, -0.25) is 0 Å². The van der Waals surface area contributed by atoms with Crippen LogP contribution in [0.2, 0.25) is 0 Å². The highest BCUT2D eigenvalue weighted by Crippen LogP contribution is 2.11. The Morgan fingerprint density at radius 1 is 1.44 bits per heavy atom. The van der Waals surface area contributed by atoms with E-state index in [0.717, 1.165) is 11.5 Å². The Kier molecular flexibility index (Phi) is 5.90. The Labute approximate surface area is 113 Å². The van der Waals surface area contributed by atoms with Gasteiger partial charge >= 0.3 is 0 Å². The summed E-state index contributed by atoms with van der Waals surface area (Å²) in [6, 6.07) is 3.09. The highest BCUT2D eigenvalue weighted by molar-refractivity contribution is 7.99. The van der Waals surface area contributed by atoms with Crippen molar-refractivity contribution in [2.45, 2.75) is 24.8 Å². The van der Waals surface area contributed by atoms with E-state index in [1.54, 1.807) is 30.9 Å². The van der Waals surface area contributed by atoms with Crippen molar-refractivity contribution >= 4 is 27.6 Å². The van der Waals surface area contributed by atoms with Gasteiger partial charge in [-0.2, -0.15) is 11.8 Å². The van der Waals surface area contributed by atoms with Gasteiger partial charge in [0.1, 0.15) is 10.7 Å². The van der Waals surface area contributed by atoms with Crippen LogP contribution in [-0.4, -0.2) is 38.0 Å². The van der Waals surface area contributed by atoms with E-state index in [9.17, 15) is 8.42 Å². The van der Waals surface area contributed by atoms with E-state index in [4.69, 9.17) is 0 Å². The Morgan fingerprint density at radius 3 is 2.67 bits per heavy atom. The lowest BCUT2D eigenvalue weighted by Gasteiger charge is -2.13. The number of hydrogen-bond acceptors (Lipinski definition) is 5. The Morgan fingerprint density at radius 2 is 2.17 bits per heavy atom. The van der Waals surface area contributed by atoms with Crippen molar-refractivity contribution in [1.82, 2.24) is 9.71 Å². The fourth-order valence-corrected chi connectivity index (χ4v) is 3.31. The van der Waals surface area contributed by atoms with Gasteiger partial charge in [-0.15, -0.1) is 0 Å². The molecule has 0 saturated carbocycles. The molecule has 1 atom stereocenters. The summed E-state index contributed by atoms with van der Waals surface area (Å²) >= 11 is 1.71. The van der Waals surface area contributed by atoms with Crippen molar-refractivity contribution in [3.8, 4) is 0 Å². The third-order valence-electron chi connectivity index (χ3n) is 2.23. The van der Waals surface area contributed by atoms with Crippen LogP contribution in [0.5, 0.6) is 0 Å². The van der Waals surface area contributed by atoms with Crippen LogP contribution < -0.4 is 10.0 Å². The molecule has 1 unspecified atom stereocenters. The monoisotopic (exact) mass is 289 g/mol. The van der Waals surface area contributed by atoms with E-state index >= 15 is 0 Å². The third-order valence-corrected chi connectivity index (χ3v) is 4.95. The van der Waals surface area contributed by atoms with Crippen LogP contribution >= 0.6 is 11.8 Å². The number of sulfonamides is 1. The lowest BCUT2D eigenvalue weighted by atomic mass is 10.4. The average molecular weight is 289 g/mol. The second-order valence-corrected chi connectivity index (χ2v) is 6.84. The predicted molar refractivity (Wildman–Crippen MR) is 76.6 cm³/mol. The molecule has 18 heavy (non-hydrogen) atoms. The average Bonchev–Trinajstić information content (AvgIpc) is 2.36. The number of hydrogen-bond donors (Lipinski definition) is 2. The van der Waals surface area contributed by atoms with Crippen molar-refractivity contribution < 1.29 is 8.42 Å². The minimum atomic E-state index is -3.47. The number of aromatic nitrogens is 1. The van der Waals surface area contributed by atoms with Gasteiger partial charge in [-0.05, 0) is 24.8 Å². The molecule has 0 aliphatic heterocycles. The number of nitrogens with one attached hydrogen (secondary N) is 2. The van der Waals surface area contributed by atoms with Gasteiger partial charge in [0.25, 0.3) is 0 Å². The SMILES string of the molecule is CCSCC(C)NS(=O)(=O)c1ccc(NC)nc1. The Hall–Kier alpha value is -0.790. The van der Waals surface area contributed by atoms with E-state index in [2.05, 4.69) is 15.0 Å². The third kappa shape index (κ3) is 4.47. The molecule has 0 aliphatic carbocycles. The predicted octanol–water partition coefficient (Wildman–Crippen LogP) is 1.54. The summed E-state index contributed by atoms with van der Waals surface area (Å²) in [6.07, 6.45) is 1.36. The molecule has 2 N–H and O–H groups in total. The number of rotatable bonds is 7. The summed E-state index contributed by atoms with van der Waals surface area (Å²) < 4.78 is 26.7. The number of anilines is 1. The highest BCUT2D eigenvalue weighted by Gasteiger charge is 2.17. The molecule has 0 amide bonds. The van der Waals surface area contributed by atoms with Crippen LogP contribution in [0.15, 0.2) is 23.2 Å². The minimum Gasteiger partial charge on any atom is -0.373 e. The topological polar surface area (TPSA) is 71.1 Å². The molecule has 0 aromatic carbocycles. The maximum Gasteiger partial charge on any atom is 0.242 e. The Balaban J connectivity index is 2.73. The zero-order valence-corrected chi connectivity index (χ0v) is 12.4. The van der Waals surface area contributed by atoms with E-state index < -0.39 is 10.0 Å². The van der Waals surface area contributed by atoms with Gasteiger partial charge in [-0.1, -0.05) is 6.92 Å². The lowest BCUT2D eigenvalue weighted by molar-refractivity contribution is 0.570. The zero-order chi connectivity index (χ0) is 13.6. The second kappa shape index (κ2) is 6.96. The molecule has 0 radical (unpaired) electrons. The largest absolute Gasteiger partial charge is 0.373 e. The summed E-state index contributed by atoms with van der Waals surface area (Å²) in [6.45, 7) is 3.90. The smallest absolute Gasteiger partial charge is 0.242 e. The summed E-state index contributed by atoms with van der Waals surface area (Å²) in [5, 5.41) is 2.84. The molecule has 0 fully saturated rings. The van der Waals surface area contributed by atoms with Crippen LogP contribution in [-0.2, 0) is 10.0 Å². The van der Waals surface area contributed by atoms with Crippen molar-refractivity contribution in [2.75, 3.05) is 23.9 Å². The van der Waals surface area contributed by atoms with Gasteiger partial charge in [0.05, 0.1) is 0 Å². The summed E-state index contributed by atoms with van der Waals surface area (Å²) in [4.78, 5) is 4.19. The molecular formula is C11H19N3O2S2. The van der Waals surface area contributed by atoms with Gasteiger partial charge < -0.3 is 5.32 Å². The minimum absolute atomic E-state index is 0.0936. The molecule has 102 valence electrons. The van der Waals surface area contributed by atoms with Crippen LogP contribution in [0.4, 0.5) is 5.82 Å². The molecule has 7 heteroatoms. The van der Waals surface area contributed by atoms with E-state index in [0.29, 0.717) is 5.82 Å². The first-order valence-electron chi connectivity index (χ1n) is 5.73. The first-order valence-corrected chi connectivity index (χ1v) is 8.37. The zero-order valence-electron chi connectivity index (χ0n) is 10.8. The van der Waals surface area contributed by atoms with Crippen molar-refractivity contribution in [3.05, 3.63) is 18.3 Å². The van der Waals surface area contributed by atoms with E-state index in [-0.39, 0.29) is 10.9 Å². The van der Waals surface area contributed by atoms with Crippen LogP contribution in [0.1, 0.15) is 13.8 Å². The molecule has 1 heterocycles. The highest BCUT2D eigenvalue weighted by atomic mass is 32.2. The van der Waals surface area contributed by atoms with Crippen molar-refractivity contribution in [1.29, 1.82) is 0 Å². The molecule has 1 aromatic rings. The Bertz CT molecular complexity index is 460. The molecule has 1 aromatic heterocycles. The first-order chi connectivity index (χ1) is 8.49. The van der Waals surface area contributed by atoms with Gasteiger partial charge in [0.2, 0.25) is 10.0 Å². The molecule has 0 bridgehead atoms. The molecule has 0 aliphatic rings. The van der Waals surface area contributed by atoms with Gasteiger partial charge in [0, 0.05) is 25.0 Å². The summed E-state index contributed by atoms with van der Waals surface area (Å²) in [5.74, 6) is 2.38. The molecule has 1 rings (SSSR count).